The molecule has 1 N–H and O–H groups in total. The zero-order valence-corrected chi connectivity index (χ0v) is 14.0. The van der Waals surface area contributed by atoms with Crippen LogP contribution in [-0.2, 0) is 10.0 Å². The van der Waals surface area contributed by atoms with Crippen LogP contribution in [0.25, 0.3) is 0 Å². The molecule has 0 aliphatic rings. The molecule has 0 radical (unpaired) electrons. The van der Waals surface area contributed by atoms with Crippen LogP contribution >= 0.6 is 39.0 Å². The molecule has 3 nitrogen and oxygen atoms in total. The maximum Gasteiger partial charge on any atom is 0.241 e. The quantitative estimate of drug-likeness (QED) is 0.849. The molecule has 0 saturated carbocycles. The summed E-state index contributed by atoms with van der Waals surface area (Å²) in [4.78, 5) is 1.18. The van der Waals surface area contributed by atoms with Crippen LogP contribution in [0.2, 0.25) is 0 Å². The number of hydrogen-bond donors (Lipinski definition) is 1. The highest BCUT2D eigenvalue weighted by atomic mass is 79.9. The van der Waals surface area contributed by atoms with Crippen molar-refractivity contribution in [3.8, 4) is 0 Å². The summed E-state index contributed by atoms with van der Waals surface area (Å²) in [5.74, 6) is 1.79. The largest absolute Gasteiger partial charge is 0.241 e. The molecule has 1 unspecified atom stereocenters. The number of halogens is 1. The van der Waals surface area contributed by atoms with E-state index >= 15 is 0 Å². The van der Waals surface area contributed by atoms with Gasteiger partial charge in [-0.2, -0.15) is 11.8 Å². The molecule has 1 atom stereocenters. The predicted molar refractivity (Wildman–Crippen MR) is 79.5 cm³/mol. The molecule has 0 aliphatic carbocycles. The minimum atomic E-state index is -3.38. The lowest BCUT2D eigenvalue weighted by Gasteiger charge is -2.13. The Balaban J connectivity index is 2.79. The number of aryl methyl sites for hydroxylation is 1. The second kappa shape index (κ2) is 6.56. The average molecular weight is 358 g/mol. The second-order valence-corrected chi connectivity index (χ2v) is 9.29. The molecule has 0 bridgehead atoms. The smallest absolute Gasteiger partial charge is 0.207 e. The van der Waals surface area contributed by atoms with Crippen LogP contribution in [0.4, 0.5) is 0 Å². The van der Waals surface area contributed by atoms with Crippen LogP contribution in [0.5, 0.6) is 0 Å². The van der Waals surface area contributed by atoms with Crippen molar-refractivity contribution < 1.29 is 8.42 Å². The predicted octanol–water partition coefficient (Wildman–Crippen LogP) is 3.24. The van der Waals surface area contributed by atoms with Gasteiger partial charge >= 0.3 is 0 Å². The Morgan fingerprint density at radius 2 is 2.24 bits per heavy atom. The molecule has 0 spiro atoms. The van der Waals surface area contributed by atoms with Gasteiger partial charge in [0.05, 0.1) is 8.68 Å². The number of hydrogen-bond acceptors (Lipinski definition) is 4. The second-order valence-electron chi connectivity index (χ2n) is 3.65. The van der Waals surface area contributed by atoms with Crippen molar-refractivity contribution in [1.82, 2.24) is 4.72 Å². The van der Waals surface area contributed by atoms with E-state index in [-0.39, 0.29) is 6.04 Å². The fourth-order valence-corrected chi connectivity index (χ4v) is 5.79. The van der Waals surface area contributed by atoms with Crippen LogP contribution in [0.3, 0.4) is 0 Å². The van der Waals surface area contributed by atoms with E-state index in [1.54, 1.807) is 17.8 Å². The molecule has 98 valence electrons. The monoisotopic (exact) mass is 357 g/mol. The van der Waals surface area contributed by atoms with Crippen LogP contribution in [0.1, 0.15) is 18.7 Å². The number of thiophene rings is 1. The normalized spacial score (nSPS) is 13.9. The van der Waals surface area contributed by atoms with Crippen LogP contribution in [-0.4, -0.2) is 26.0 Å². The average Bonchev–Trinajstić information content (AvgIpc) is 2.55. The third-order valence-electron chi connectivity index (χ3n) is 2.06. The first kappa shape index (κ1) is 15.5. The summed E-state index contributed by atoms with van der Waals surface area (Å²) in [5, 5.41) is 0. The Bertz CT molecular complexity index is 470. The molecular weight excluding hydrogens is 342 g/mol. The van der Waals surface area contributed by atoms with Crippen molar-refractivity contribution >= 4 is 49.1 Å². The van der Waals surface area contributed by atoms with Gasteiger partial charge in [-0.05, 0) is 41.6 Å². The maximum atomic E-state index is 12.1. The van der Waals surface area contributed by atoms with Gasteiger partial charge in [0, 0.05) is 16.7 Å². The van der Waals surface area contributed by atoms with E-state index in [0.717, 1.165) is 20.2 Å². The molecule has 0 fully saturated rings. The Hall–Kier alpha value is 0.440. The van der Waals surface area contributed by atoms with Gasteiger partial charge in [-0.3, -0.25) is 0 Å². The number of rotatable bonds is 6. The molecule has 0 saturated heterocycles. The molecule has 0 aliphatic heterocycles. The van der Waals surface area contributed by atoms with Crippen molar-refractivity contribution in [3.05, 3.63) is 14.7 Å². The fourth-order valence-electron chi connectivity index (χ4n) is 1.35. The minimum absolute atomic E-state index is 0.0528. The van der Waals surface area contributed by atoms with Gasteiger partial charge < -0.3 is 0 Å². The summed E-state index contributed by atoms with van der Waals surface area (Å²) in [6.07, 6.45) is 0. The summed E-state index contributed by atoms with van der Waals surface area (Å²) in [5.41, 5.74) is 0. The van der Waals surface area contributed by atoms with Crippen molar-refractivity contribution in [1.29, 1.82) is 0 Å². The van der Waals surface area contributed by atoms with Crippen LogP contribution in [0.15, 0.2) is 14.7 Å². The molecule has 1 aromatic heterocycles. The van der Waals surface area contributed by atoms with Crippen LogP contribution in [0, 0.1) is 6.92 Å². The van der Waals surface area contributed by atoms with E-state index in [0.29, 0.717) is 4.90 Å². The maximum absolute atomic E-state index is 12.1. The molecule has 17 heavy (non-hydrogen) atoms. The summed E-state index contributed by atoms with van der Waals surface area (Å²) in [7, 11) is -3.38. The highest BCUT2D eigenvalue weighted by molar-refractivity contribution is 9.11. The fraction of sp³-hybridized carbons (Fsp3) is 0.600. The standard InChI is InChI=1S/C10H16BrNO2S3/c1-4-15-6-7(2)12-17(13,14)9-5-10(11)16-8(9)3/h5,7,12H,4,6H2,1-3H3. The molecule has 7 heteroatoms. The minimum Gasteiger partial charge on any atom is -0.207 e. The Labute approximate surface area is 120 Å². The number of thioether (sulfide) groups is 1. The Morgan fingerprint density at radius 3 is 2.71 bits per heavy atom. The van der Waals surface area contributed by atoms with Gasteiger partial charge in [-0.25, -0.2) is 13.1 Å². The zero-order chi connectivity index (χ0) is 13.1. The molecule has 1 heterocycles. The Kier molecular flexibility index (Phi) is 5.98. The first-order valence-corrected chi connectivity index (χ1v) is 9.47. The highest BCUT2D eigenvalue weighted by Gasteiger charge is 2.21. The van der Waals surface area contributed by atoms with E-state index in [9.17, 15) is 8.42 Å². The third kappa shape index (κ3) is 4.55. The van der Waals surface area contributed by atoms with Gasteiger partial charge in [0.1, 0.15) is 0 Å². The summed E-state index contributed by atoms with van der Waals surface area (Å²) < 4.78 is 27.7. The first-order valence-electron chi connectivity index (χ1n) is 5.22. The summed E-state index contributed by atoms with van der Waals surface area (Å²) in [6, 6.07) is 1.60. The zero-order valence-electron chi connectivity index (χ0n) is 9.99. The van der Waals surface area contributed by atoms with Crippen LogP contribution < -0.4 is 4.72 Å². The van der Waals surface area contributed by atoms with E-state index < -0.39 is 10.0 Å². The topological polar surface area (TPSA) is 46.2 Å². The molecule has 0 aromatic carbocycles. The van der Waals surface area contributed by atoms with Crippen molar-refractivity contribution in [3.63, 3.8) is 0 Å². The highest BCUT2D eigenvalue weighted by Crippen LogP contribution is 2.29. The van der Waals surface area contributed by atoms with Gasteiger partial charge in [0.2, 0.25) is 10.0 Å². The summed E-state index contributed by atoms with van der Waals surface area (Å²) in [6.45, 7) is 5.76. The molecular formula is C10H16BrNO2S3. The Morgan fingerprint density at radius 1 is 1.59 bits per heavy atom. The van der Waals surface area contributed by atoms with Crippen molar-refractivity contribution in [2.75, 3.05) is 11.5 Å². The molecule has 1 aromatic rings. The van der Waals surface area contributed by atoms with E-state index in [1.165, 1.54) is 11.3 Å². The lowest BCUT2D eigenvalue weighted by molar-refractivity contribution is 0.571. The molecule has 1 rings (SSSR count). The van der Waals surface area contributed by atoms with E-state index in [2.05, 4.69) is 27.6 Å². The SMILES string of the molecule is CCSCC(C)NS(=O)(=O)c1cc(Br)sc1C. The lowest BCUT2D eigenvalue weighted by Crippen LogP contribution is -2.34. The van der Waals surface area contributed by atoms with E-state index in [4.69, 9.17) is 0 Å². The van der Waals surface area contributed by atoms with Crippen molar-refractivity contribution in [2.24, 2.45) is 0 Å². The van der Waals surface area contributed by atoms with Gasteiger partial charge in [0.25, 0.3) is 0 Å². The third-order valence-corrected chi connectivity index (χ3v) is 6.60. The van der Waals surface area contributed by atoms with E-state index in [1.807, 2.05) is 13.8 Å². The van der Waals surface area contributed by atoms with Crippen molar-refractivity contribution in [2.45, 2.75) is 31.7 Å². The first-order chi connectivity index (χ1) is 7.86. The van der Waals surface area contributed by atoms with Gasteiger partial charge in [0.15, 0.2) is 0 Å². The summed E-state index contributed by atoms with van der Waals surface area (Å²) >= 11 is 6.47. The molecule has 0 amide bonds. The number of nitrogens with one attached hydrogen (secondary N) is 1. The van der Waals surface area contributed by atoms with Gasteiger partial charge in [-0.15, -0.1) is 11.3 Å². The lowest BCUT2D eigenvalue weighted by atomic mass is 10.4. The number of sulfonamides is 1. The van der Waals surface area contributed by atoms with Gasteiger partial charge in [-0.1, -0.05) is 6.92 Å².